The van der Waals surface area contributed by atoms with Gasteiger partial charge in [-0.1, -0.05) is 0 Å². The number of piperazine rings is 1. The van der Waals surface area contributed by atoms with Crippen molar-refractivity contribution in [1.29, 1.82) is 0 Å². The molecule has 4 rings (SSSR count). The molecule has 0 amide bonds. The van der Waals surface area contributed by atoms with Crippen molar-refractivity contribution < 1.29 is 0 Å². The Morgan fingerprint density at radius 3 is 2.65 bits per heavy atom. The van der Waals surface area contributed by atoms with Crippen LogP contribution in [0.3, 0.4) is 0 Å². The molecule has 1 aliphatic heterocycles. The van der Waals surface area contributed by atoms with Gasteiger partial charge in [0, 0.05) is 50.7 Å². The zero-order chi connectivity index (χ0) is 13.5. The Morgan fingerprint density at radius 2 is 2.00 bits per heavy atom. The highest BCUT2D eigenvalue weighted by Gasteiger charge is 2.42. The fraction of sp³-hybridized carbons (Fsp3) is 0.812. The predicted molar refractivity (Wildman–Crippen MR) is 79.6 cm³/mol. The second-order valence-corrected chi connectivity index (χ2v) is 6.92. The van der Waals surface area contributed by atoms with E-state index in [1.54, 1.807) is 0 Å². The van der Waals surface area contributed by atoms with Gasteiger partial charge in [0.05, 0.1) is 0 Å². The minimum Gasteiger partial charge on any atom is -0.334 e. The Balaban J connectivity index is 1.40. The lowest BCUT2D eigenvalue weighted by atomic mass is 10.0. The molecule has 0 radical (unpaired) electrons. The molecule has 110 valence electrons. The van der Waals surface area contributed by atoms with E-state index in [0.717, 1.165) is 36.3 Å². The van der Waals surface area contributed by atoms with Crippen LogP contribution in [0.25, 0.3) is 0 Å². The van der Waals surface area contributed by atoms with Crippen molar-refractivity contribution in [3.05, 3.63) is 18.2 Å². The number of hydrogen-bond acceptors (Lipinski definition) is 3. The molecule has 0 bridgehead atoms. The van der Waals surface area contributed by atoms with Gasteiger partial charge in [-0.15, -0.1) is 0 Å². The van der Waals surface area contributed by atoms with Gasteiger partial charge in [0.1, 0.15) is 5.82 Å². The van der Waals surface area contributed by atoms with Gasteiger partial charge in [-0.05, 0) is 44.4 Å². The Hall–Kier alpha value is -0.870. The molecule has 2 aliphatic carbocycles. The van der Waals surface area contributed by atoms with Crippen molar-refractivity contribution in [3.63, 3.8) is 0 Å². The zero-order valence-corrected chi connectivity index (χ0v) is 12.5. The van der Waals surface area contributed by atoms with Gasteiger partial charge in [0.2, 0.25) is 0 Å². The molecule has 1 N–H and O–H groups in total. The number of aromatic nitrogens is 2. The normalized spacial score (nSPS) is 31.6. The molecule has 2 unspecified atom stereocenters. The van der Waals surface area contributed by atoms with Gasteiger partial charge in [-0.25, -0.2) is 4.98 Å². The molecular formula is C16H26N4. The summed E-state index contributed by atoms with van der Waals surface area (Å²) >= 11 is 0. The smallest absolute Gasteiger partial charge is 0.105 e. The SMILES string of the molecule is Cc1nccn1CCN1CC(C2CC2)NCC1C1CC1. The van der Waals surface area contributed by atoms with Gasteiger partial charge in [0.15, 0.2) is 0 Å². The second kappa shape index (κ2) is 5.15. The van der Waals surface area contributed by atoms with Crippen molar-refractivity contribution in [2.24, 2.45) is 11.8 Å². The van der Waals surface area contributed by atoms with Crippen LogP contribution < -0.4 is 5.32 Å². The van der Waals surface area contributed by atoms with E-state index >= 15 is 0 Å². The Bertz CT molecular complexity index is 461. The molecule has 2 heterocycles. The van der Waals surface area contributed by atoms with E-state index in [2.05, 4.69) is 32.9 Å². The number of aryl methyl sites for hydroxylation is 1. The van der Waals surface area contributed by atoms with Crippen LogP contribution >= 0.6 is 0 Å². The van der Waals surface area contributed by atoms with Crippen molar-refractivity contribution >= 4 is 0 Å². The van der Waals surface area contributed by atoms with Crippen molar-refractivity contribution in [2.75, 3.05) is 19.6 Å². The maximum atomic E-state index is 4.33. The fourth-order valence-corrected chi connectivity index (χ4v) is 3.75. The van der Waals surface area contributed by atoms with Gasteiger partial charge < -0.3 is 9.88 Å². The van der Waals surface area contributed by atoms with Crippen LogP contribution in [0.2, 0.25) is 0 Å². The summed E-state index contributed by atoms with van der Waals surface area (Å²) in [4.78, 5) is 7.11. The van der Waals surface area contributed by atoms with E-state index in [4.69, 9.17) is 0 Å². The highest BCUT2D eigenvalue weighted by Crippen LogP contribution is 2.39. The molecule has 2 saturated carbocycles. The minimum absolute atomic E-state index is 0.758. The van der Waals surface area contributed by atoms with Crippen LogP contribution in [0.4, 0.5) is 0 Å². The van der Waals surface area contributed by atoms with Crippen molar-refractivity contribution in [2.45, 2.75) is 51.2 Å². The summed E-state index contributed by atoms with van der Waals surface area (Å²) in [5.74, 6) is 3.07. The standard InChI is InChI=1S/C16H26N4/c1-12-17-6-7-19(12)8-9-20-11-15(13-2-3-13)18-10-16(20)14-4-5-14/h6-7,13-16,18H,2-5,8-11H2,1H3. The van der Waals surface area contributed by atoms with Crippen LogP contribution in [-0.2, 0) is 6.54 Å². The predicted octanol–water partition coefficient (Wildman–Crippen LogP) is 1.65. The number of nitrogens with zero attached hydrogens (tertiary/aromatic N) is 3. The lowest BCUT2D eigenvalue weighted by Crippen LogP contribution is -2.58. The van der Waals surface area contributed by atoms with E-state index < -0.39 is 0 Å². The summed E-state index contributed by atoms with van der Waals surface area (Å²) in [5, 5.41) is 3.83. The second-order valence-electron chi connectivity index (χ2n) is 6.92. The summed E-state index contributed by atoms with van der Waals surface area (Å²) in [5.41, 5.74) is 0. The molecule has 3 aliphatic rings. The van der Waals surface area contributed by atoms with E-state index in [1.165, 1.54) is 45.3 Å². The molecule has 2 atom stereocenters. The third-order valence-electron chi connectivity index (χ3n) is 5.40. The largest absolute Gasteiger partial charge is 0.334 e. The summed E-state index contributed by atoms with van der Waals surface area (Å²) < 4.78 is 2.29. The summed E-state index contributed by atoms with van der Waals surface area (Å²) in [7, 11) is 0. The average Bonchev–Trinajstić information content (AvgIpc) is 3.36. The summed E-state index contributed by atoms with van der Waals surface area (Å²) in [6.45, 7) is 6.85. The van der Waals surface area contributed by atoms with Gasteiger partial charge in [0.25, 0.3) is 0 Å². The zero-order valence-electron chi connectivity index (χ0n) is 12.5. The van der Waals surface area contributed by atoms with Crippen LogP contribution in [0.1, 0.15) is 31.5 Å². The maximum absolute atomic E-state index is 4.33. The molecule has 4 heteroatoms. The highest BCUT2D eigenvalue weighted by molar-refractivity contribution is 4.99. The maximum Gasteiger partial charge on any atom is 0.105 e. The minimum atomic E-state index is 0.758. The molecule has 0 spiro atoms. The molecular weight excluding hydrogens is 248 g/mol. The highest BCUT2D eigenvalue weighted by atomic mass is 15.3. The number of rotatable bonds is 5. The number of imidazole rings is 1. The van der Waals surface area contributed by atoms with Crippen LogP contribution in [0, 0.1) is 18.8 Å². The first-order chi connectivity index (χ1) is 9.81. The first-order valence-corrected chi connectivity index (χ1v) is 8.26. The van der Waals surface area contributed by atoms with E-state index in [9.17, 15) is 0 Å². The monoisotopic (exact) mass is 274 g/mol. The molecule has 20 heavy (non-hydrogen) atoms. The van der Waals surface area contributed by atoms with Crippen LogP contribution in [0.5, 0.6) is 0 Å². The van der Waals surface area contributed by atoms with Gasteiger partial charge in [-0.3, -0.25) is 4.90 Å². The van der Waals surface area contributed by atoms with E-state index in [0.29, 0.717) is 0 Å². The molecule has 0 aromatic carbocycles. The molecule has 4 nitrogen and oxygen atoms in total. The third-order valence-corrected chi connectivity index (χ3v) is 5.40. The first-order valence-electron chi connectivity index (χ1n) is 8.26. The number of hydrogen-bond donors (Lipinski definition) is 1. The van der Waals surface area contributed by atoms with Crippen molar-refractivity contribution in [1.82, 2.24) is 19.8 Å². The molecule has 3 fully saturated rings. The molecule has 1 aromatic rings. The lowest BCUT2D eigenvalue weighted by Gasteiger charge is -2.41. The Kier molecular flexibility index (Phi) is 3.31. The third kappa shape index (κ3) is 2.63. The lowest BCUT2D eigenvalue weighted by molar-refractivity contribution is 0.103. The Labute approximate surface area is 121 Å². The van der Waals surface area contributed by atoms with Gasteiger partial charge >= 0.3 is 0 Å². The molecule has 1 aromatic heterocycles. The topological polar surface area (TPSA) is 33.1 Å². The van der Waals surface area contributed by atoms with Crippen LogP contribution in [0.15, 0.2) is 12.4 Å². The van der Waals surface area contributed by atoms with Crippen molar-refractivity contribution in [3.8, 4) is 0 Å². The quantitative estimate of drug-likeness (QED) is 0.886. The van der Waals surface area contributed by atoms with E-state index in [-0.39, 0.29) is 0 Å². The van der Waals surface area contributed by atoms with E-state index in [1.807, 2.05) is 6.20 Å². The summed E-state index contributed by atoms with van der Waals surface area (Å²) in [6.07, 6.45) is 9.81. The van der Waals surface area contributed by atoms with Gasteiger partial charge in [-0.2, -0.15) is 0 Å². The van der Waals surface area contributed by atoms with Crippen LogP contribution in [-0.4, -0.2) is 46.2 Å². The number of nitrogens with one attached hydrogen (secondary N) is 1. The summed E-state index contributed by atoms with van der Waals surface area (Å²) in [6, 6.07) is 1.54. The first kappa shape index (κ1) is 12.8. The average molecular weight is 274 g/mol. The fourth-order valence-electron chi connectivity index (χ4n) is 3.75. The molecule has 1 saturated heterocycles. The Morgan fingerprint density at radius 1 is 1.20 bits per heavy atom.